The molecular weight excluding hydrogens is 346 g/mol. The van der Waals surface area contributed by atoms with Gasteiger partial charge in [-0.1, -0.05) is 22.9 Å². The van der Waals surface area contributed by atoms with Crippen molar-refractivity contribution in [3.05, 3.63) is 47.3 Å². The molecule has 1 aliphatic heterocycles. The lowest BCUT2D eigenvalue weighted by Gasteiger charge is -2.24. The molecule has 3 rings (SSSR count). The Balaban J connectivity index is 1.60. The average molecular weight is 371 g/mol. The molecule has 2 heterocycles. The number of anilines is 1. The molecule has 0 saturated carbocycles. The highest BCUT2D eigenvalue weighted by atomic mass is 16.5. The van der Waals surface area contributed by atoms with Gasteiger partial charge in [0, 0.05) is 37.9 Å². The summed E-state index contributed by atoms with van der Waals surface area (Å²) in [7, 11) is 0. The van der Waals surface area contributed by atoms with Crippen molar-refractivity contribution in [3.63, 3.8) is 0 Å². The van der Waals surface area contributed by atoms with Crippen molar-refractivity contribution >= 4 is 17.5 Å². The first kappa shape index (κ1) is 19.1. The van der Waals surface area contributed by atoms with Crippen LogP contribution in [0.4, 0.5) is 5.69 Å². The molecule has 27 heavy (non-hydrogen) atoms. The molecule has 7 heteroatoms. The van der Waals surface area contributed by atoms with Crippen molar-refractivity contribution in [2.45, 2.75) is 39.2 Å². The highest BCUT2D eigenvalue weighted by Gasteiger charge is 2.25. The molecule has 1 fully saturated rings. The van der Waals surface area contributed by atoms with Gasteiger partial charge in [0.1, 0.15) is 5.76 Å². The summed E-state index contributed by atoms with van der Waals surface area (Å²) in [6.45, 7) is 5.18. The molecule has 1 aromatic carbocycles. The van der Waals surface area contributed by atoms with E-state index in [4.69, 9.17) is 9.26 Å². The van der Waals surface area contributed by atoms with Gasteiger partial charge in [-0.05, 0) is 38.8 Å². The van der Waals surface area contributed by atoms with Gasteiger partial charge in [0.25, 0.3) is 5.91 Å². The quantitative estimate of drug-likeness (QED) is 0.809. The van der Waals surface area contributed by atoms with E-state index < -0.39 is 0 Å². The summed E-state index contributed by atoms with van der Waals surface area (Å²) < 4.78 is 10.7. The first-order valence-electron chi connectivity index (χ1n) is 9.22. The van der Waals surface area contributed by atoms with E-state index in [1.165, 1.54) is 0 Å². The molecular formula is C20H25N3O4. The van der Waals surface area contributed by atoms with Crippen LogP contribution in [0.2, 0.25) is 0 Å². The van der Waals surface area contributed by atoms with Gasteiger partial charge in [-0.3, -0.25) is 9.59 Å². The van der Waals surface area contributed by atoms with Gasteiger partial charge < -0.3 is 19.5 Å². The molecule has 1 N–H and O–H groups in total. The third-order valence-electron chi connectivity index (χ3n) is 4.53. The Hall–Kier alpha value is -2.67. The summed E-state index contributed by atoms with van der Waals surface area (Å²) in [4.78, 5) is 26.7. The van der Waals surface area contributed by atoms with Crippen LogP contribution in [0.5, 0.6) is 0 Å². The minimum atomic E-state index is -0.245. The Bertz CT molecular complexity index is 779. The molecule has 7 nitrogen and oxygen atoms in total. The van der Waals surface area contributed by atoms with Gasteiger partial charge in [-0.15, -0.1) is 0 Å². The average Bonchev–Trinajstić information content (AvgIpc) is 3.31. The number of carbonyl (C=O) groups excluding carboxylic acids is 2. The second-order valence-electron chi connectivity index (χ2n) is 6.87. The fourth-order valence-electron chi connectivity index (χ4n) is 3.04. The number of hydrogen-bond acceptors (Lipinski definition) is 5. The summed E-state index contributed by atoms with van der Waals surface area (Å²) in [5.41, 5.74) is 2.13. The van der Waals surface area contributed by atoms with Crippen molar-refractivity contribution in [1.82, 2.24) is 10.1 Å². The van der Waals surface area contributed by atoms with E-state index in [1.54, 1.807) is 17.9 Å². The molecule has 0 spiro atoms. The zero-order valence-corrected chi connectivity index (χ0v) is 15.7. The minimum absolute atomic E-state index is 0.00195. The number of benzene rings is 1. The molecule has 144 valence electrons. The van der Waals surface area contributed by atoms with Crippen LogP contribution in [0.1, 0.15) is 41.1 Å². The number of amides is 2. The van der Waals surface area contributed by atoms with E-state index in [0.717, 1.165) is 24.1 Å². The van der Waals surface area contributed by atoms with Crippen LogP contribution in [-0.4, -0.2) is 47.7 Å². The van der Waals surface area contributed by atoms with E-state index >= 15 is 0 Å². The second-order valence-corrected chi connectivity index (χ2v) is 6.87. The van der Waals surface area contributed by atoms with Crippen LogP contribution in [0.3, 0.4) is 0 Å². The second kappa shape index (κ2) is 8.81. The van der Waals surface area contributed by atoms with Crippen LogP contribution in [0, 0.1) is 13.8 Å². The highest BCUT2D eigenvalue weighted by molar-refractivity contribution is 5.94. The van der Waals surface area contributed by atoms with Gasteiger partial charge >= 0.3 is 0 Å². The summed E-state index contributed by atoms with van der Waals surface area (Å²) >= 11 is 0. The van der Waals surface area contributed by atoms with Crippen molar-refractivity contribution in [2.24, 2.45) is 0 Å². The Kier molecular flexibility index (Phi) is 6.24. The van der Waals surface area contributed by atoms with Gasteiger partial charge in [0.2, 0.25) is 5.91 Å². The summed E-state index contributed by atoms with van der Waals surface area (Å²) in [6, 6.07) is 9.21. The predicted octanol–water partition coefficient (Wildman–Crippen LogP) is 2.94. The van der Waals surface area contributed by atoms with E-state index in [1.807, 2.05) is 31.2 Å². The summed E-state index contributed by atoms with van der Waals surface area (Å²) in [6.07, 6.45) is 2.10. The number of hydrogen-bond donors (Lipinski definition) is 1. The molecule has 0 bridgehead atoms. The van der Waals surface area contributed by atoms with Gasteiger partial charge in [-0.2, -0.15) is 0 Å². The van der Waals surface area contributed by atoms with Gasteiger partial charge in [0.15, 0.2) is 5.69 Å². The normalized spacial score (nSPS) is 16.3. The first-order chi connectivity index (χ1) is 13.0. The zero-order chi connectivity index (χ0) is 19.2. The first-order valence-corrected chi connectivity index (χ1v) is 9.22. The largest absolute Gasteiger partial charge is 0.376 e. The molecule has 2 amide bonds. The summed E-state index contributed by atoms with van der Waals surface area (Å²) in [5.74, 6) is 0.193. The third-order valence-corrected chi connectivity index (χ3v) is 4.53. The van der Waals surface area contributed by atoms with Crippen LogP contribution >= 0.6 is 0 Å². The number of aryl methyl sites for hydroxylation is 2. The van der Waals surface area contributed by atoms with E-state index in [2.05, 4.69) is 10.5 Å². The molecule has 1 saturated heterocycles. The molecule has 0 unspecified atom stereocenters. The minimum Gasteiger partial charge on any atom is -0.376 e. The van der Waals surface area contributed by atoms with Crippen LogP contribution < -0.4 is 5.32 Å². The number of aromatic nitrogens is 1. The lowest BCUT2D eigenvalue weighted by molar-refractivity contribution is -0.116. The Labute approximate surface area is 158 Å². The number of rotatable bonds is 7. The van der Waals surface area contributed by atoms with Gasteiger partial charge in [0.05, 0.1) is 6.10 Å². The number of nitrogens with zero attached hydrogens (tertiary/aromatic N) is 2. The van der Waals surface area contributed by atoms with Gasteiger partial charge in [-0.25, -0.2) is 0 Å². The Morgan fingerprint density at radius 1 is 1.26 bits per heavy atom. The lowest BCUT2D eigenvalue weighted by atomic mass is 10.2. The fourth-order valence-corrected chi connectivity index (χ4v) is 3.04. The lowest BCUT2D eigenvalue weighted by Crippen LogP contribution is -2.39. The molecule has 0 aliphatic carbocycles. The van der Waals surface area contributed by atoms with Crippen molar-refractivity contribution in [1.29, 1.82) is 0 Å². The van der Waals surface area contributed by atoms with E-state index in [9.17, 15) is 9.59 Å². The van der Waals surface area contributed by atoms with Crippen molar-refractivity contribution in [3.8, 4) is 0 Å². The molecule has 0 radical (unpaired) electrons. The highest BCUT2D eigenvalue weighted by Crippen LogP contribution is 2.16. The summed E-state index contributed by atoms with van der Waals surface area (Å²) in [5, 5.41) is 6.67. The number of carbonyl (C=O) groups is 2. The Morgan fingerprint density at radius 3 is 2.67 bits per heavy atom. The maximum Gasteiger partial charge on any atom is 0.276 e. The molecule has 2 aromatic rings. The van der Waals surface area contributed by atoms with Crippen LogP contribution in [0.15, 0.2) is 34.9 Å². The smallest absolute Gasteiger partial charge is 0.276 e. The fraction of sp³-hybridized carbons (Fsp3) is 0.450. The predicted molar refractivity (Wildman–Crippen MR) is 101 cm³/mol. The molecule has 1 aromatic heterocycles. The SMILES string of the molecule is Cc1ccc(NC(=O)CCN(C[C@H]2CCCO2)C(=O)c2cc(C)on2)cc1. The maximum absolute atomic E-state index is 12.8. The topological polar surface area (TPSA) is 84.7 Å². The van der Waals surface area contributed by atoms with Crippen LogP contribution in [-0.2, 0) is 9.53 Å². The van der Waals surface area contributed by atoms with Crippen LogP contribution in [0.25, 0.3) is 0 Å². The van der Waals surface area contributed by atoms with Crippen molar-refractivity contribution < 1.29 is 18.8 Å². The zero-order valence-electron chi connectivity index (χ0n) is 15.7. The molecule has 1 aliphatic rings. The third kappa shape index (κ3) is 5.40. The molecule has 1 atom stereocenters. The standard InChI is InChI=1S/C20H25N3O4/c1-14-5-7-16(8-6-14)21-19(24)9-10-23(13-17-4-3-11-26-17)20(25)18-12-15(2)27-22-18/h5-8,12,17H,3-4,9-11,13H2,1-2H3,(H,21,24)/t17-/m1/s1. The van der Waals surface area contributed by atoms with E-state index in [0.29, 0.717) is 25.5 Å². The number of ether oxygens (including phenoxy) is 1. The Morgan fingerprint density at radius 2 is 2.04 bits per heavy atom. The maximum atomic E-state index is 12.8. The monoisotopic (exact) mass is 371 g/mol. The van der Waals surface area contributed by atoms with Crippen molar-refractivity contribution in [2.75, 3.05) is 25.0 Å². The number of nitrogens with one attached hydrogen (secondary N) is 1. The van der Waals surface area contributed by atoms with E-state index in [-0.39, 0.29) is 30.0 Å².